The number of aliphatic imine (C=N–C) groups is 1. The summed E-state index contributed by atoms with van der Waals surface area (Å²) in [6.45, 7) is 0.594. The quantitative estimate of drug-likeness (QED) is 0.766. The maximum Gasteiger partial charge on any atom is 0.217 e. The summed E-state index contributed by atoms with van der Waals surface area (Å²) in [5.74, 6) is 0.00935. The first-order chi connectivity index (χ1) is 8.84. The molecule has 1 heterocycles. The van der Waals surface area contributed by atoms with Crippen LogP contribution in [0.5, 0.6) is 0 Å². The fourth-order valence-electron chi connectivity index (χ4n) is 1.86. The molecule has 0 saturated heterocycles. The van der Waals surface area contributed by atoms with Gasteiger partial charge in [-0.05, 0) is 11.6 Å². The van der Waals surface area contributed by atoms with Crippen LogP contribution in [0.1, 0.15) is 15.9 Å². The fourth-order valence-corrected chi connectivity index (χ4v) is 2.82. The van der Waals surface area contributed by atoms with Crippen molar-refractivity contribution in [3.63, 3.8) is 0 Å². The van der Waals surface area contributed by atoms with Gasteiger partial charge in [-0.25, -0.2) is 0 Å². The third-order valence-electron chi connectivity index (χ3n) is 2.80. The molecule has 0 radical (unpaired) electrons. The Hall–Kier alpha value is -1.87. The Labute approximate surface area is 110 Å². The summed E-state index contributed by atoms with van der Waals surface area (Å²) in [5, 5.41) is 0.583. The number of carbonyl (C=O) groups is 1. The number of ketones is 1. The Balaban J connectivity index is 1.88. The molecular formula is C15H11NOS. The third kappa shape index (κ3) is 2.09. The van der Waals surface area contributed by atoms with Crippen LogP contribution >= 0.6 is 11.8 Å². The Morgan fingerprint density at radius 1 is 1.00 bits per heavy atom. The number of hydrogen-bond donors (Lipinski definition) is 0. The Morgan fingerprint density at radius 2 is 1.72 bits per heavy atom. The second kappa shape index (κ2) is 4.78. The van der Waals surface area contributed by atoms with Crippen molar-refractivity contribution < 1.29 is 4.79 Å². The molecule has 0 unspecified atom stereocenters. The lowest BCUT2D eigenvalue weighted by atomic mass is 10.1. The van der Waals surface area contributed by atoms with Crippen LogP contribution in [0.15, 0.2) is 64.5 Å². The number of thioether (sulfide) groups is 1. The van der Waals surface area contributed by atoms with Crippen molar-refractivity contribution in [1.82, 2.24) is 0 Å². The third-order valence-corrected chi connectivity index (χ3v) is 3.93. The summed E-state index contributed by atoms with van der Waals surface area (Å²) in [7, 11) is 0. The van der Waals surface area contributed by atoms with E-state index in [1.54, 1.807) is 0 Å². The van der Waals surface area contributed by atoms with Gasteiger partial charge in [0.2, 0.25) is 5.78 Å². The van der Waals surface area contributed by atoms with Crippen molar-refractivity contribution in [2.75, 3.05) is 0 Å². The predicted molar refractivity (Wildman–Crippen MR) is 74.2 cm³/mol. The Kier molecular flexibility index (Phi) is 2.99. The highest BCUT2D eigenvalue weighted by molar-refractivity contribution is 8.15. The Bertz CT molecular complexity index is 619. The number of hydrogen-bond acceptors (Lipinski definition) is 3. The normalized spacial score (nSPS) is 13.7. The van der Waals surface area contributed by atoms with Gasteiger partial charge in [0.25, 0.3) is 0 Å². The SMILES string of the molecule is O=C(C1=NCc2ccccc2S1)c1ccccc1. The van der Waals surface area contributed by atoms with Crippen molar-refractivity contribution in [1.29, 1.82) is 0 Å². The van der Waals surface area contributed by atoms with E-state index in [1.807, 2.05) is 48.5 Å². The van der Waals surface area contributed by atoms with Gasteiger partial charge in [-0.3, -0.25) is 9.79 Å². The minimum absolute atomic E-state index is 0.00935. The standard InChI is InChI=1S/C15H11NOS/c17-14(11-6-2-1-3-7-11)15-16-10-12-8-4-5-9-13(12)18-15/h1-9H,10H2. The minimum atomic E-state index is 0.00935. The summed E-state index contributed by atoms with van der Waals surface area (Å²) in [5.41, 5.74) is 1.88. The van der Waals surface area contributed by atoms with E-state index >= 15 is 0 Å². The first-order valence-corrected chi connectivity index (χ1v) is 6.56. The van der Waals surface area contributed by atoms with Crippen LogP contribution in [-0.2, 0) is 6.54 Å². The van der Waals surface area contributed by atoms with Gasteiger partial charge in [0.15, 0.2) is 0 Å². The molecule has 2 aromatic carbocycles. The second-order valence-electron chi connectivity index (χ2n) is 4.03. The molecule has 0 N–H and O–H groups in total. The Morgan fingerprint density at radius 3 is 2.56 bits per heavy atom. The van der Waals surface area contributed by atoms with E-state index in [9.17, 15) is 4.79 Å². The zero-order valence-corrected chi connectivity index (χ0v) is 10.5. The molecule has 0 aliphatic carbocycles. The molecule has 88 valence electrons. The highest BCUT2D eigenvalue weighted by Gasteiger charge is 2.19. The summed E-state index contributed by atoms with van der Waals surface area (Å²) in [6, 6.07) is 17.4. The average molecular weight is 253 g/mol. The van der Waals surface area contributed by atoms with E-state index in [4.69, 9.17) is 0 Å². The smallest absolute Gasteiger partial charge is 0.217 e. The molecule has 0 spiro atoms. The zero-order chi connectivity index (χ0) is 12.4. The van der Waals surface area contributed by atoms with Crippen LogP contribution in [-0.4, -0.2) is 10.8 Å². The highest BCUT2D eigenvalue weighted by atomic mass is 32.2. The molecule has 0 fully saturated rings. The monoisotopic (exact) mass is 253 g/mol. The van der Waals surface area contributed by atoms with E-state index < -0.39 is 0 Å². The predicted octanol–water partition coefficient (Wildman–Crippen LogP) is 3.57. The summed E-state index contributed by atoms with van der Waals surface area (Å²) >= 11 is 1.46. The van der Waals surface area contributed by atoms with E-state index in [0.717, 1.165) is 4.90 Å². The fraction of sp³-hybridized carbons (Fsp3) is 0.0667. The lowest BCUT2D eigenvalue weighted by molar-refractivity contribution is 0.106. The van der Waals surface area contributed by atoms with E-state index in [2.05, 4.69) is 11.1 Å². The topological polar surface area (TPSA) is 29.4 Å². The van der Waals surface area contributed by atoms with Crippen LogP contribution in [0.4, 0.5) is 0 Å². The van der Waals surface area contributed by atoms with Gasteiger partial charge in [0.05, 0.1) is 6.54 Å². The largest absolute Gasteiger partial charge is 0.286 e. The molecule has 0 aromatic heterocycles. The molecule has 2 aromatic rings. The number of nitrogens with zero attached hydrogens (tertiary/aromatic N) is 1. The molecule has 3 rings (SSSR count). The first-order valence-electron chi connectivity index (χ1n) is 5.74. The van der Waals surface area contributed by atoms with Gasteiger partial charge >= 0.3 is 0 Å². The van der Waals surface area contributed by atoms with Crippen molar-refractivity contribution >= 4 is 22.6 Å². The van der Waals surface area contributed by atoms with Crippen molar-refractivity contribution in [2.24, 2.45) is 4.99 Å². The summed E-state index contributed by atoms with van der Waals surface area (Å²) in [4.78, 5) is 17.8. The molecule has 1 aliphatic heterocycles. The summed E-state index contributed by atoms with van der Waals surface area (Å²) in [6.07, 6.45) is 0. The van der Waals surface area contributed by atoms with Crippen LogP contribution < -0.4 is 0 Å². The first kappa shape index (κ1) is 11.2. The van der Waals surface area contributed by atoms with E-state index in [-0.39, 0.29) is 5.78 Å². The van der Waals surface area contributed by atoms with Gasteiger partial charge in [0.1, 0.15) is 5.04 Å². The molecular weight excluding hydrogens is 242 g/mol. The molecule has 0 saturated carbocycles. The molecule has 18 heavy (non-hydrogen) atoms. The number of benzene rings is 2. The lowest BCUT2D eigenvalue weighted by Crippen LogP contribution is -2.14. The molecule has 0 atom stereocenters. The molecule has 2 nitrogen and oxygen atoms in total. The maximum absolute atomic E-state index is 12.3. The van der Waals surface area contributed by atoms with E-state index in [1.165, 1.54) is 17.3 Å². The number of Topliss-reactive ketones (excluding diaryl/α,β-unsaturated/α-hetero) is 1. The van der Waals surface area contributed by atoms with Crippen LogP contribution in [0.3, 0.4) is 0 Å². The van der Waals surface area contributed by atoms with Crippen molar-refractivity contribution in [2.45, 2.75) is 11.4 Å². The van der Waals surface area contributed by atoms with E-state index in [0.29, 0.717) is 17.2 Å². The van der Waals surface area contributed by atoms with Crippen LogP contribution in [0, 0.1) is 0 Å². The zero-order valence-electron chi connectivity index (χ0n) is 9.67. The van der Waals surface area contributed by atoms with Gasteiger partial charge in [0, 0.05) is 10.5 Å². The van der Waals surface area contributed by atoms with Crippen molar-refractivity contribution in [3.8, 4) is 0 Å². The summed E-state index contributed by atoms with van der Waals surface area (Å²) < 4.78 is 0. The molecule has 0 bridgehead atoms. The highest BCUT2D eigenvalue weighted by Crippen LogP contribution is 2.30. The van der Waals surface area contributed by atoms with Gasteiger partial charge in [-0.1, -0.05) is 60.3 Å². The number of fused-ring (bicyclic) bond motifs is 1. The molecule has 0 amide bonds. The van der Waals surface area contributed by atoms with Gasteiger partial charge < -0.3 is 0 Å². The maximum atomic E-state index is 12.3. The van der Waals surface area contributed by atoms with Gasteiger partial charge in [-0.15, -0.1) is 0 Å². The van der Waals surface area contributed by atoms with Crippen LogP contribution in [0.2, 0.25) is 0 Å². The number of carbonyl (C=O) groups excluding carboxylic acids is 1. The van der Waals surface area contributed by atoms with Crippen molar-refractivity contribution in [3.05, 3.63) is 65.7 Å². The molecule has 1 aliphatic rings. The lowest BCUT2D eigenvalue weighted by Gasteiger charge is -2.14. The van der Waals surface area contributed by atoms with Crippen LogP contribution in [0.25, 0.3) is 0 Å². The molecule has 3 heteroatoms. The second-order valence-corrected chi connectivity index (χ2v) is 5.06. The van der Waals surface area contributed by atoms with Gasteiger partial charge in [-0.2, -0.15) is 0 Å². The number of rotatable bonds is 2. The average Bonchev–Trinajstić information content (AvgIpc) is 2.47. The minimum Gasteiger partial charge on any atom is -0.286 e.